The van der Waals surface area contributed by atoms with Crippen molar-refractivity contribution in [3.05, 3.63) is 70.3 Å². The molecule has 0 radical (unpaired) electrons. The number of benzene rings is 2. The van der Waals surface area contributed by atoms with Gasteiger partial charge in [-0.05, 0) is 42.7 Å². The molecule has 0 saturated heterocycles. The summed E-state index contributed by atoms with van der Waals surface area (Å²) in [5, 5.41) is 0.946. The van der Waals surface area contributed by atoms with Gasteiger partial charge in [-0.3, -0.25) is 14.2 Å². The van der Waals surface area contributed by atoms with Crippen LogP contribution in [0.3, 0.4) is 0 Å². The highest BCUT2D eigenvalue weighted by Gasteiger charge is 2.14. The minimum atomic E-state index is -0.407. The number of thioether (sulfide) groups is 1. The fourth-order valence-corrected chi connectivity index (χ4v) is 2.87. The summed E-state index contributed by atoms with van der Waals surface area (Å²) in [6, 6.07) is 12.3. The predicted octanol–water partition coefficient (Wildman–Crippen LogP) is 3.14. The summed E-state index contributed by atoms with van der Waals surface area (Å²) in [4.78, 5) is 29.4. The van der Waals surface area contributed by atoms with E-state index in [0.717, 1.165) is 0 Å². The van der Waals surface area contributed by atoms with Gasteiger partial charge >= 0.3 is 0 Å². The average Bonchev–Trinajstić information content (AvgIpc) is 2.57. The lowest BCUT2D eigenvalue weighted by atomic mass is 10.1. The van der Waals surface area contributed by atoms with Crippen LogP contribution in [0.1, 0.15) is 10.4 Å². The zero-order chi connectivity index (χ0) is 16.4. The molecule has 0 aliphatic heterocycles. The number of para-hydroxylation sites is 1. The number of ketones is 1. The van der Waals surface area contributed by atoms with Crippen LogP contribution >= 0.6 is 11.8 Å². The molecule has 1 aromatic heterocycles. The van der Waals surface area contributed by atoms with Gasteiger partial charge in [0.05, 0.1) is 17.4 Å². The van der Waals surface area contributed by atoms with Gasteiger partial charge in [0.2, 0.25) is 0 Å². The topological polar surface area (TPSA) is 52.0 Å². The van der Waals surface area contributed by atoms with Gasteiger partial charge in [-0.15, -0.1) is 0 Å². The highest BCUT2D eigenvalue weighted by molar-refractivity contribution is 7.98. The van der Waals surface area contributed by atoms with Gasteiger partial charge in [0.15, 0.2) is 10.9 Å². The maximum Gasteiger partial charge on any atom is 0.262 e. The largest absolute Gasteiger partial charge is 0.292 e. The van der Waals surface area contributed by atoms with Gasteiger partial charge in [0.25, 0.3) is 5.56 Å². The standard InChI is InChI=1S/C17H13FN2O2S/c1-23-17-19-14-5-3-2-4-13(14)16(22)20(17)10-15(21)11-6-8-12(18)9-7-11/h2-9H,10H2,1H3. The first kappa shape index (κ1) is 15.4. The second-order valence-electron chi connectivity index (χ2n) is 4.94. The van der Waals surface area contributed by atoms with Crippen molar-refractivity contribution < 1.29 is 9.18 Å². The molecular formula is C17H13FN2O2S. The Morgan fingerprint density at radius 1 is 1.17 bits per heavy atom. The van der Waals surface area contributed by atoms with Crippen molar-refractivity contribution in [2.24, 2.45) is 0 Å². The van der Waals surface area contributed by atoms with Crippen molar-refractivity contribution in [3.8, 4) is 0 Å². The summed E-state index contributed by atoms with van der Waals surface area (Å²) in [6.45, 7) is -0.127. The van der Waals surface area contributed by atoms with Gasteiger partial charge < -0.3 is 0 Å². The van der Waals surface area contributed by atoms with Crippen LogP contribution in [0.4, 0.5) is 4.39 Å². The summed E-state index contributed by atoms with van der Waals surface area (Å²) in [5.74, 6) is -0.671. The molecule has 0 spiro atoms. The van der Waals surface area contributed by atoms with Gasteiger partial charge in [-0.25, -0.2) is 9.37 Å². The first-order valence-electron chi connectivity index (χ1n) is 6.92. The molecule has 23 heavy (non-hydrogen) atoms. The molecule has 0 aliphatic rings. The van der Waals surface area contributed by atoms with E-state index in [1.807, 2.05) is 6.07 Å². The van der Waals surface area contributed by atoms with Gasteiger partial charge in [0.1, 0.15) is 5.82 Å². The molecule has 1 heterocycles. The van der Waals surface area contributed by atoms with Gasteiger partial charge in [0, 0.05) is 5.56 Å². The number of carbonyl (C=O) groups excluding carboxylic acids is 1. The molecule has 4 nitrogen and oxygen atoms in total. The Hall–Kier alpha value is -2.47. The number of nitrogens with zero attached hydrogens (tertiary/aromatic N) is 2. The number of aromatic nitrogens is 2. The molecule has 116 valence electrons. The van der Waals surface area contributed by atoms with Crippen molar-refractivity contribution in [2.45, 2.75) is 11.7 Å². The van der Waals surface area contributed by atoms with Crippen molar-refractivity contribution in [2.75, 3.05) is 6.26 Å². The van der Waals surface area contributed by atoms with E-state index in [2.05, 4.69) is 4.98 Å². The zero-order valence-corrected chi connectivity index (χ0v) is 13.1. The first-order valence-corrected chi connectivity index (χ1v) is 8.15. The van der Waals surface area contributed by atoms with Crippen molar-refractivity contribution in [1.29, 1.82) is 0 Å². The summed E-state index contributed by atoms with van der Waals surface area (Å²) >= 11 is 1.30. The lowest BCUT2D eigenvalue weighted by Gasteiger charge is -2.11. The average molecular weight is 328 g/mol. The summed E-state index contributed by atoms with van der Waals surface area (Å²) in [6.07, 6.45) is 1.80. The van der Waals surface area contributed by atoms with Crippen LogP contribution in [0.15, 0.2) is 58.5 Å². The van der Waals surface area contributed by atoms with Crippen molar-refractivity contribution >= 4 is 28.4 Å². The van der Waals surface area contributed by atoms with E-state index in [4.69, 9.17) is 0 Å². The second kappa shape index (κ2) is 6.34. The smallest absolute Gasteiger partial charge is 0.262 e. The Bertz CT molecular complexity index is 935. The molecule has 3 rings (SSSR count). The SMILES string of the molecule is CSc1nc2ccccc2c(=O)n1CC(=O)c1ccc(F)cc1. The summed E-state index contributed by atoms with van der Waals surface area (Å²) < 4.78 is 14.3. The van der Waals surface area contributed by atoms with Crippen LogP contribution in [0, 0.1) is 5.82 Å². The number of hydrogen-bond acceptors (Lipinski definition) is 4. The molecule has 2 aromatic carbocycles. The van der Waals surface area contributed by atoms with Crippen LogP contribution in [-0.4, -0.2) is 21.6 Å². The van der Waals surface area contributed by atoms with E-state index in [-0.39, 0.29) is 17.9 Å². The maximum absolute atomic E-state index is 13.0. The molecular weight excluding hydrogens is 315 g/mol. The molecule has 0 amide bonds. The minimum Gasteiger partial charge on any atom is -0.292 e. The highest BCUT2D eigenvalue weighted by Crippen LogP contribution is 2.16. The number of carbonyl (C=O) groups is 1. The lowest BCUT2D eigenvalue weighted by molar-refractivity contribution is 0.0967. The normalized spacial score (nSPS) is 10.9. The summed E-state index contributed by atoms with van der Waals surface area (Å²) in [5.41, 5.74) is 0.709. The van der Waals surface area contributed by atoms with Gasteiger partial charge in [-0.2, -0.15) is 0 Å². The molecule has 0 saturated carbocycles. The second-order valence-corrected chi connectivity index (χ2v) is 5.71. The third-order valence-electron chi connectivity index (χ3n) is 3.48. The third kappa shape index (κ3) is 3.03. The highest BCUT2D eigenvalue weighted by atomic mass is 32.2. The molecule has 0 unspecified atom stereocenters. The minimum absolute atomic E-state index is 0.127. The molecule has 0 bridgehead atoms. The maximum atomic E-state index is 13.0. The van der Waals surface area contributed by atoms with E-state index in [9.17, 15) is 14.0 Å². The molecule has 0 N–H and O–H groups in total. The summed E-state index contributed by atoms with van der Waals surface area (Å²) in [7, 11) is 0. The Balaban J connectivity index is 2.05. The van der Waals surface area contributed by atoms with Crippen LogP contribution < -0.4 is 5.56 Å². The number of hydrogen-bond donors (Lipinski definition) is 0. The van der Waals surface area contributed by atoms with Crippen LogP contribution in [0.2, 0.25) is 0 Å². The molecule has 0 aliphatic carbocycles. The number of halogens is 1. The van der Waals surface area contributed by atoms with Crippen molar-refractivity contribution in [1.82, 2.24) is 9.55 Å². The van der Waals surface area contributed by atoms with E-state index >= 15 is 0 Å². The Morgan fingerprint density at radius 3 is 2.57 bits per heavy atom. The van der Waals surface area contributed by atoms with Crippen LogP contribution in [0.5, 0.6) is 0 Å². The van der Waals surface area contributed by atoms with E-state index in [1.54, 1.807) is 24.5 Å². The quantitative estimate of drug-likeness (QED) is 0.419. The fraction of sp³-hybridized carbons (Fsp3) is 0.118. The monoisotopic (exact) mass is 328 g/mol. The molecule has 6 heteroatoms. The third-order valence-corrected chi connectivity index (χ3v) is 4.15. The van der Waals surface area contributed by atoms with Crippen molar-refractivity contribution in [3.63, 3.8) is 0 Å². The predicted molar refractivity (Wildman–Crippen MR) is 88.5 cm³/mol. The van der Waals surface area contributed by atoms with E-state index in [0.29, 0.717) is 21.6 Å². The Kier molecular flexibility index (Phi) is 4.25. The Labute approximate surface area is 136 Å². The number of rotatable bonds is 4. The zero-order valence-electron chi connectivity index (χ0n) is 12.3. The van der Waals surface area contributed by atoms with Crippen LogP contribution in [0.25, 0.3) is 10.9 Å². The van der Waals surface area contributed by atoms with E-state index in [1.165, 1.54) is 40.6 Å². The molecule has 0 atom stereocenters. The number of fused-ring (bicyclic) bond motifs is 1. The number of Topliss-reactive ketones (excluding diaryl/α,β-unsaturated/α-hetero) is 1. The molecule has 0 fully saturated rings. The Morgan fingerprint density at radius 2 is 1.87 bits per heavy atom. The van der Waals surface area contributed by atoms with Crippen LogP contribution in [-0.2, 0) is 6.54 Å². The molecule has 3 aromatic rings. The fourth-order valence-electron chi connectivity index (χ4n) is 2.31. The van der Waals surface area contributed by atoms with E-state index < -0.39 is 5.82 Å². The first-order chi connectivity index (χ1) is 11.1. The van der Waals surface area contributed by atoms with Gasteiger partial charge in [-0.1, -0.05) is 23.9 Å². The lowest BCUT2D eigenvalue weighted by Crippen LogP contribution is -2.27.